The quantitative estimate of drug-likeness (QED) is 0.770. The van der Waals surface area contributed by atoms with Crippen molar-refractivity contribution in [3.05, 3.63) is 20.8 Å². The summed E-state index contributed by atoms with van der Waals surface area (Å²) >= 11 is 4.80. The first-order valence-electron chi connectivity index (χ1n) is 4.59. The van der Waals surface area contributed by atoms with E-state index in [0.717, 1.165) is 15.8 Å². The summed E-state index contributed by atoms with van der Waals surface area (Å²) in [5.41, 5.74) is 0. The molecule has 2 nitrogen and oxygen atoms in total. The van der Waals surface area contributed by atoms with Crippen LogP contribution in [0.4, 0.5) is 0 Å². The van der Waals surface area contributed by atoms with Crippen molar-refractivity contribution in [2.45, 2.75) is 26.4 Å². The van der Waals surface area contributed by atoms with Gasteiger partial charge in [-0.15, -0.1) is 11.3 Å². The molecular formula is C10H13BrO2S. The molecule has 0 N–H and O–H groups in total. The smallest absolute Gasteiger partial charge is 0.202 e. The lowest BCUT2D eigenvalue weighted by Gasteiger charge is -2.12. The van der Waals surface area contributed by atoms with Crippen molar-refractivity contribution < 1.29 is 9.53 Å². The Bertz CT molecular complexity index is 309. The van der Waals surface area contributed by atoms with E-state index in [0.29, 0.717) is 6.61 Å². The average molecular weight is 277 g/mol. The second kappa shape index (κ2) is 5.63. The molecule has 0 amide bonds. The molecule has 0 bridgehead atoms. The van der Waals surface area contributed by atoms with Crippen LogP contribution in [0.1, 0.15) is 29.9 Å². The molecule has 1 aromatic rings. The monoisotopic (exact) mass is 276 g/mol. The second-order valence-corrected chi connectivity index (χ2v) is 4.58. The van der Waals surface area contributed by atoms with Crippen molar-refractivity contribution in [2.75, 3.05) is 6.61 Å². The molecular weight excluding hydrogens is 264 g/mol. The first-order chi connectivity index (χ1) is 6.70. The molecule has 0 aromatic carbocycles. The average Bonchev–Trinajstić information content (AvgIpc) is 2.59. The van der Waals surface area contributed by atoms with E-state index < -0.39 is 0 Å². The van der Waals surface area contributed by atoms with Crippen molar-refractivity contribution in [2.24, 2.45) is 0 Å². The highest BCUT2D eigenvalue weighted by atomic mass is 79.9. The predicted octanol–water partition coefficient (Wildman–Crippen LogP) is 3.51. The number of ether oxygens (including phenoxy) is 1. The zero-order valence-corrected chi connectivity index (χ0v) is 10.7. The van der Waals surface area contributed by atoms with Crippen molar-refractivity contribution in [3.63, 3.8) is 0 Å². The van der Waals surface area contributed by atoms with Gasteiger partial charge in [-0.05, 0) is 40.7 Å². The van der Waals surface area contributed by atoms with Gasteiger partial charge in [0.25, 0.3) is 0 Å². The summed E-state index contributed by atoms with van der Waals surface area (Å²) in [5.74, 6) is 0.0798. The van der Waals surface area contributed by atoms with Crippen molar-refractivity contribution in [3.8, 4) is 0 Å². The summed E-state index contributed by atoms with van der Waals surface area (Å²) in [4.78, 5) is 12.7. The summed E-state index contributed by atoms with van der Waals surface area (Å²) in [7, 11) is 0. The summed E-state index contributed by atoms with van der Waals surface area (Å²) in [5, 5.41) is 1.90. The minimum Gasteiger partial charge on any atom is -0.370 e. The molecule has 14 heavy (non-hydrogen) atoms. The number of carbonyl (C=O) groups excluding carboxylic acids is 1. The van der Waals surface area contributed by atoms with Gasteiger partial charge in [-0.25, -0.2) is 0 Å². The molecule has 1 atom stereocenters. The van der Waals surface area contributed by atoms with Gasteiger partial charge in [0.15, 0.2) is 0 Å². The fraction of sp³-hybridized carbons (Fsp3) is 0.500. The number of rotatable bonds is 5. The molecule has 78 valence electrons. The Hall–Kier alpha value is -0.190. The lowest BCUT2D eigenvalue weighted by Crippen LogP contribution is -2.23. The topological polar surface area (TPSA) is 26.3 Å². The summed E-state index contributed by atoms with van der Waals surface area (Å²) in [6, 6.07) is 1.89. The van der Waals surface area contributed by atoms with Crippen molar-refractivity contribution >= 4 is 33.0 Å². The Kier molecular flexibility index (Phi) is 4.78. The third kappa shape index (κ3) is 2.65. The summed E-state index contributed by atoms with van der Waals surface area (Å²) in [6.07, 6.45) is 0.423. The predicted molar refractivity (Wildman–Crippen MR) is 62.1 cm³/mol. The normalized spacial score (nSPS) is 12.8. The Morgan fingerprint density at radius 3 is 2.79 bits per heavy atom. The van der Waals surface area contributed by atoms with Crippen molar-refractivity contribution in [1.82, 2.24) is 0 Å². The summed E-state index contributed by atoms with van der Waals surface area (Å²) in [6.45, 7) is 4.44. The highest BCUT2D eigenvalue weighted by Crippen LogP contribution is 2.25. The minimum atomic E-state index is -0.296. The van der Waals surface area contributed by atoms with Crippen LogP contribution in [0.2, 0.25) is 0 Å². The van der Waals surface area contributed by atoms with E-state index in [-0.39, 0.29) is 11.9 Å². The van der Waals surface area contributed by atoms with Crippen LogP contribution in [0.5, 0.6) is 0 Å². The van der Waals surface area contributed by atoms with Crippen LogP contribution in [-0.4, -0.2) is 18.5 Å². The van der Waals surface area contributed by atoms with Crippen LogP contribution in [-0.2, 0) is 4.74 Å². The lowest BCUT2D eigenvalue weighted by molar-refractivity contribution is 0.0447. The Labute approximate surface area is 96.4 Å². The molecule has 4 heteroatoms. The van der Waals surface area contributed by atoms with E-state index in [1.807, 2.05) is 25.3 Å². The number of thiophene rings is 1. The standard InChI is InChI=1S/C10H13BrO2S/c1-3-8(13-4-2)9(12)10-7(11)5-6-14-10/h5-6,8H,3-4H2,1-2H3. The number of ketones is 1. The molecule has 1 rings (SSSR count). The Morgan fingerprint density at radius 1 is 1.64 bits per heavy atom. The zero-order valence-electron chi connectivity index (χ0n) is 8.25. The summed E-state index contributed by atoms with van der Waals surface area (Å²) < 4.78 is 6.23. The van der Waals surface area contributed by atoms with E-state index in [4.69, 9.17) is 4.74 Å². The first-order valence-corrected chi connectivity index (χ1v) is 6.26. The minimum absolute atomic E-state index is 0.0798. The van der Waals surface area contributed by atoms with Crippen LogP contribution in [0.15, 0.2) is 15.9 Å². The number of Topliss-reactive ketones (excluding diaryl/α,β-unsaturated/α-hetero) is 1. The van der Waals surface area contributed by atoms with Gasteiger partial charge < -0.3 is 4.74 Å². The Morgan fingerprint density at radius 2 is 2.36 bits per heavy atom. The number of carbonyl (C=O) groups is 1. The largest absolute Gasteiger partial charge is 0.370 e. The van der Waals surface area contributed by atoms with Gasteiger partial charge in [0.2, 0.25) is 5.78 Å². The third-order valence-electron chi connectivity index (χ3n) is 1.87. The van der Waals surface area contributed by atoms with Gasteiger partial charge in [0.1, 0.15) is 6.10 Å². The van der Waals surface area contributed by atoms with Gasteiger partial charge in [0, 0.05) is 11.1 Å². The van der Waals surface area contributed by atoms with Gasteiger partial charge in [-0.2, -0.15) is 0 Å². The lowest BCUT2D eigenvalue weighted by atomic mass is 10.1. The fourth-order valence-corrected chi connectivity index (χ4v) is 2.75. The van der Waals surface area contributed by atoms with Crippen molar-refractivity contribution in [1.29, 1.82) is 0 Å². The van der Waals surface area contributed by atoms with E-state index >= 15 is 0 Å². The SMILES string of the molecule is CCOC(CC)C(=O)c1sccc1Br. The van der Waals surface area contributed by atoms with Crippen LogP contribution >= 0.6 is 27.3 Å². The zero-order chi connectivity index (χ0) is 10.6. The molecule has 1 heterocycles. The van der Waals surface area contributed by atoms with E-state index in [1.165, 1.54) is 11.3 Å². The third-order valence-corrected chi connectivity index (χ3v) is 3.72. The van der Waals surface area contributed by atoms with Gasteiger partial charge in [0.05, 0.1) is 4.88 Å². The second-order valence-electron chi connectivity index (χ2n) is 2.81. The number of halogens is 1. The van der Waals surface area contributed by atoms with Gasteiger partial charge in [-0.1, -0.05) is 6.92 Å². The molecule has 0 saturated heterocycles. The van der Waals surface area contributed by atoms with Gasteiger partial charge in [-0.3, -0.25) is 4.79 Å². The first kappa shape index (κ1) is 11.9. The van der Waals surface area contributed by atoms with Crippen LogP contribution in [0.3, 0.4) is 0 Å². The maximum absolute atomic E-state index is 11.9. The van der Waals surface area contributed by atoms with Gasteiger partial charge >= 0.3 is 0 Å². The van der Waals surface area contributed by atoms with E-state index in [2.05, 4.69) is 15.9 Å². The van der Waals surface area contributed by atoms with Crippen LogP contribution < -0.4 is 0 Å². The maximum atomic E-state index is 11.9. The highest BCUT2D eigenvalue weighted by Gasteiger charge is 2.21. The van der Waals surface area contributed by atoms with E-state index in [9.17, 15) is 4.79 Å². The fourth-order valence-electron chi connectivity index (χ4n) is 1.20. The molecule has 0 spiro atoms. The molecule has 1 unspecified atom stereocenters. The highest BCUT2D eigenvalue weighted by molar-refractivity contribution is 9.10. The number of hydrogen-bond acceptors (Lipinski definition) is 3. The molecule has 1 aromatic heterocycles. The van der Waals surface area contributed by atoms with Crippen LogP contribution in [0, 0.1) is 0 Å². The molecule has 0 aliphatic carbocycles. The molecule has 0 saturated carbocycles. The van der Waals surface area contributed by atoms with Crippen LogP contribution in [0.25, 0.3) is 0 Å². The molecule has 0 aliphatic heterocycles. The molecule has 0 aliphatic rings. The number of hydrogen-bond donors (Lipinski definition) is 0. The van der Waals surface area contributed by atoms with E-state index in [1.54, 1.807) is 0 Å². The molecule has 0 fully saturated rings. The maximum Gasteiger partial charge on any atom is 0.202 e. The Balaban J connectivity index is 2.78. The molecule has 0 radical (unpaired) electrons.